The first-order valence-corrected chi connectivity index (χ1v) is 16.2. The maximum Gasteiger partial charge on any atom is 0.252 e. The van der Waals surface area contributed by atoms with E-state index in [1.165, 1.54) is 0 Å². The minimum Gasteiger partial charge on any atom is -0.394 e. The molecular weight excluding hydrogens is 628 g/mol. The van der Waals surface area contributed by atoms with Gasteiger partial charge in [0.05, 0.1) is 18.7 Å². The fraction of sp³-hybridized carbons (Fsp3) is 0.964. The minimum atomic E-state index is -1.76. The molecule has 5 rings (SSSR count). The summed E-state index contributed by atoms with van der Waals surface area (Å²) in [5, 5.41) is 90.7. The van der Waals surface area contributed by atoms with Gasteiger partial charge in [-0.3, -0.25) is 4.79 Å². The van der Waals surface area contributed by atoms with Gasteiger partial charge in [0.1, 0.15) is 66.6 Å². The standard InChI is InChI=1S/C28H52N6O13/c29-10-1-9(2-10)6-33-7-14-18(37)20(39)21(40)26(44-14)46-23-12(31)3-13(34-27(42)28(43)4-11(30)5-28)24(22(23)41)47-25-19(38)16(32)17(36)15(8-35)45-25/h9-26,33,35-41,43H,1-8,29-32H2,(H,34,42)/t9?,10?,11?,12-,13+,14+,15+,16-,17+,18+,19+,20-,21+,22-,23+,24-,25+,26+,28?/m0/s1. The van der Waals surface area contributed by atoms with Crippen LogP contribution in [0.4, 0.5) is 0 Å². The number of aliphatic hydroxyl groups is 8. The first kappa shape index (κ1) is 37.1. The van der Waals surface area contributed by atoms with Crippen molar-refractivity contribution in [1.29, 1.82) is 0 Å². The van der Waals surface area contributed by atoms with Gasteiger partial charge in [0, 0.05) is 37.5 Å². The van der Waals surface area contributed by atoms with Crippen molar-refractivity contribution in [2.24, 2.45) is 28.9 Å². The van der Waals surface area contributed by atoms with E-state index in [-0.39, 0.29) is 37.9 Å². The molecule has 5 fully saturated rings. The summed E-state index contributed by atoms with van der Waals surface area (Å²) in [5.41, 5.74) is 22.2. The zero-order valence-corrected chi connectivity index (χ0v) is 26.0. The Kier molecular flexibility index (Phi) is 11.8. The van der Waals surface area contributed by atoms with E-state index in [2.05, 4.69) is 10.6 Å². The Morgan fingerprint density at radius 2 is 1.36 bits per heavy atom. The van der Waals surface area contributed by atoms with Gasteiger partial charge in [-0.25, -0.2) is 0 Å². The van der Waals surface area contributed by atoms with Crippen LogP contribution in [-0.4, -0.2) is 176 Å². The molecule has 2 aliphatic heterocycles. The lowest BCUT2D eigenvalue weighted by molar-refractivity contribution is -0.333. The molecule has 0 aromatic carbocycles. The number of ether oxygens (including phenoxy) is 4. The second-order valence-electron chi connectivity index (χ2n) is 13.9. The number of carbonyl (C=O) groups is 1. The predicted molar refractivity (Wildman–Crippen MR) is 158 cm³/mol. The molecule has 272 valence electrons. The van der Waals surface area contributed by atoms with Crippen LogP contribution >= 0.6 is 0 Å². The molecule has 0 unspecified atom stereocenters. The van der Waals surface area contributed by atoms with E-state index in [9.17, 15) is 45.6 Å². The highest BCUT2D eigenvalue weighted by atomic mass is 16.7. The summed E-state index contributed by atoms with van der Waals surface area (Å²) in [7, 11) is 0. The van der Waals surface area contributed by atoms with Crippen LogP contribution in [0.1, 0.15) is 32.1 Å². The first-order valence-electron chi connectivity index (χ1n) is 16.2. The van der Waals surface area contributed by atoms with Gasteiger partial charge in [-0.2, -0.15) is 0 Å². The van der Waals surface area contributed by atoms with Crippen LogP contribution in [0.25, 0.3) is 0 Å². The maximum absolute atomic E-state index is 13.1. The van der Waals surface area contributed by atoms with Crippen molar-refractivity contribution in [3.05, 3.63) is 0 Å². The SMILES string of the molecule is NC1CC(CNC[C@H]2O[C@H](O[C@H]3[C@H](O)[C@@H](O[C@H]4O[C@H](CO)[C@@H](O)[C@H](N)[C@H]4O)[C@H](NC(=O)C4(O)CC(N)C4)C[C@@H]3N)[C@H](O)[C@@H](O)[C@@H]2O)C1. The molecule has 0 spiro atoms. The normalized spacial score (nSPS) is 51.9. The Balaban J connectivity index is 1.30. The number of rotatable bonds is 11. The molecule has 15 atom stereocenters. The molecule has 5 aliphatic rings. The lowest BCUT2D eigenvalue weighted by atomic mass is 9.75. The number of aliphatic hydroxyl groups excluding tert-OH is 7. The van der Waals surface area contributed by atoms with Gasteiger partial charge in [0.15, 0.2) is 12.6 Å². The molecule has 0 radical (unpaired) electrons. The summed E-state index contributed by atoms with van der Waals surface area (Å²) in [6, 6.07) is -3.67. The summed E-state index contributed by atoms with van der Waals surface area (Å²) in [4.78, 5) is 13.1. The molecule has 0 bridgehead atoms. The van der Waals surface area contributed by atoms with E-state index in [0.717, 1.165) is 12.8 Å². The number of hydrogen-bond donors (Lipinski definition) is 14. The third-order valence-electron chi connectivity index (χ3n) is 10.2. The van der Waals surface area contributed by atoms with Gasteiger partial charge >= 0.3 is 0 Å². The van der Waals surface area contributed by atoms with E-state index < -0.39 is 110 Å². The van der Waals surface area contributed by atoms with Gasteiger partial charge in [-0.1, -0.05) is 0 Å². The van der Waals surface area contributed by atoms with E-state index in [4.69, 9.17) is 41.9 Å². The molecule has 19 nitrogen and oxygen atoms in total. The second-order valence-corrected chi connectivity index (χ2v) is 13.9. The quantitative estimate of drug-likeness (QED) is 0.0963. The summed E-state index contributed by atoms with van der Waals surface area (Å²) in [6.45, 7) is 0.0437. The summed E-state index contributed by atoms with van der Waals surface area (Å²) in [6.07, 6.45) is -16.3. The molecule has 2 heterocycles. The fourth-order valence-corrected chi connectivity index (χ4v) is 7.15. The summed E-state index contributed by atoms with van der Waals surface area (Å²) >= 11 is 0. The van der Waals surface area contributed by atoms with E-state index >= 15 is 0 Å². The average molecular weight is 681 g/mol. The average Bonchev–Trinajstić information content (AvgIpc) is 2.99. The van der Waals surface area contributed by atoms with Crippen LogP contribution in [0.15, 0.2) is 0 Å². The molecule has 47 heavy (non-hydrogen) atoms. The molecule has 0 aromatic heterocycles. The van der Waals surface area contributed by atoms with Gasteiger partial charge in [-0.05, 0) is 31.7 Å². The summed E-state index contributed by atoms with van der Waals surface area (Å²) in [5.74, 6) is -0.419. The summed E-state index contributed by atoms with van der Waals surface area (Å²) < 4.78 is 23.3. The number of amides is 1. The zero-order valence-electron chi connectivity index (χ0n) is 26.0. The molecule has 1 amide bonds. The van der Waals surface area contributed by atoms with Crippen LogP contribution in [0, 0.1) is 5.92 Å². The number of hydrogen-bond acceptors (Lipinski definition) is 18. The van der Waals surface area contributed by atoms with Crippen molar-refractivity contribution in [2.75, 3.05) is 19.7 Å². The Morgan fingerprint density at radius 3 is 1.98 bits per heavy atom. The van der Waals surface area contributed by atoms with Gasteiger partial charge in [-0.15, -0.1) is 0 Å². The number of nitrogens with one attached hydrogen (secondary N) is 2. The maximum atomic E-state index is 13.1. The Morgan fingerprint density at radius 1 is 0.745 bits per heavy atom. The van der Waals surface area contributed by atoms with Crippen LogP contribution in [0.5, 0.6) is 0 Å². The zero-order chi connectivity index (χ0) is 34.4. The fourth-order valence-electron chi connectivity index (χ4n) is 7.15. The van der Waals surface area contributed by atoms with Crippen LogP contribution < -0.4 is 33.6 Å². The molecule has 18 N–H and O–H groups in total. The third kappa shape index (κ3) is 7.76. The third-order valence-corrected chi connectivity index (χ3v) is 10.2. The first-order chi connectivity index (χ1) is 22.1. The second kappa shape index (κ2) is 15.0. The molecule has 2 saturated heterocycles. The van der Waals surface area contributed by atoms with Crippen LogP contribution in [0.3, 0.4) is 0 Å². The van der Waals surface area contributed by atoms with E-state index in [1.54, 1.807) is 0 Å². The largest absolute Gasteiger partial charge is 0.394 e. The molecule has 3 aliphatic carbocycles. The highest BCUT2D eigenvalue weighted by Gasteiger charge is 2.54. The Hall–Kier alpha value is -1.21. The highest BCUT2D eigenvalue weighted by Crippen LogP contribution is 2.35. The van der Waals surface area contributed by atoms with Crippen molar-refractivity contribution in [2.45, 2.75) is 142 Å². The van der Waals surface area contributed by atoms with E-state index in [1.807, 2.05) is 0 Å². The van der Waals surface area contributed by atoms with Crippen LogP contribution in [-0.2, 0) is 23.7 Å². The molecule has 0 aromatic rings. The van der Waals surface area contributed by atoms with Gasteiger partial charge < -0.3 is 93.4 Å². The minimum absolute atomic E-state index is 0.00208. The lowest BCUT2D eigenvalue weighted by Crippen LogP contribution is -2.71. The molecule has 19 heteroatoms. The molecule has 3 saturated carbocycles. The van der Waals surface area contributed by atoms with Crippen molar-refractivity contribution in [3.8, 4) is 0 Å². The highest BCUT2D eigenvalue weighted by molar-refractivity contribution is 5.86. The lowest BCUT2D eigenvalue weighted by Gasteiger charge is -2.49. The van der Waals surface area contributed by atoms with Crippen molar-refractivity contribution < 1.29 is 64.6 Å². The van der Waals surface area contributed by atoms with Crippen molar-refractivity contribution >= 4 is 5.91 Å². The van der Waals surface area contributed by atoms with Crippen molar-refractivity contribution in [1.82, 2.24) is 10.6 Å². The van der Waals surface area contributed by atoms with Gasteiger partial charge in [0.25, 0.3) is 5.91 Å². The number of carbonyl (C=O) groups excluding carboxylic acids is 1. The number of nitrogens with two attached hydrogens (primary N) is 4. The Labute approximate surface area is 271 Å². The smallest absolute Gasteiger partial charge is 0.252 e. The Bertz CT molecular complexity index is 1050. The van der Waals surface area contributed by atoms with Gasteiger partial charge in [0.2, 0.25) is 0 Å². The monoisotopic (exact) mass is 680 g/mol. The predicted octanol–water partition coefficient (Wildman–Crippen LogP) is -7.91. The molecular formula is C28H52N6O13. The topological polar surface area (TPSA) is 344 Å². The van der Waals surface area contributed by atoms with Crippen LogP contribution in [0.2, 0.25) is 0 Å². The van der Waals surface area contributed by atoms with Crippen molar-refractivity contribution in [3.63, 3.8) is 0 Å². The van der Waals surface area contributed by atoms with E-state index in [0.29, 0.717) is 12.5 Å².